The summed E-state index contributed by atoms with van der Waals surface area (Å²) in [6.45, 7) is 3.95. The van der Waals surface area contributed by atoms with Crippen molar-refractivity contribution in [3.63, 3.8) is 0 Å². The van der Waals surface area contributed by atoms with Gasteiger partial charge in [0, 0.05) is 16.7 Å². The van der Waals surface area contributed by atoms with Gasteiger partial charge >= 0.3 is 0 Å². The lowest BCUT2D eigenvalue weighted by Crippen LogP contribution is -2.29. The van der Waals surface area contributed by atoms with Gasteiger partial charge in [0.2, 0.25) is 0 Å². The molecule has 0 saturated heterocycles. The smallest absolute Gasteiger partial charge is 0.264 e. The van der Waals surface area contributed by atoms with E-state index >= 15 is 0 Å². The van der Waals surface area contributed by atoms with E-state index in [1.807, 2.05) is 35.9 Å². The van der Waals surface area contributed by atoms with E-state index < -0.39 is 15.9 Å². The third-order valence-electron chi connectivity index (χ3n) is 5.30. The summed E-state index contributed by atoms with van der Waals surface area (Å²) in [5.41, 5.74) is 3.00. The van der Waals surface area contributed by atoms with Crippen LogP contribution in [-0.2, 0) is 21.4 Å². The first-order valence-corrected chi connectivity index (χ1v) is 12.7. The minimum Gasteiger partial charge on any atom is -0.464 e. The molecule has 0 unspecified atom stereocenters. The van der Waals surface area contributed by atoms with Crippen molar-refractivity contribution in [2.24, 2.45) is 0 Å². The van der Waals surface area contributed by atoms with Crippen LogP contribution in [0.25, 0.3) is 17.4 Å². The van der Waals surface area contributed by atoms with Crippen molar-refractivity contribution in [3.8, 4) is 11.3 Å². The summed E-state index contributed by atoms with van der Waals surface area (Å²) in [6.07, 6.45) is 4.12. The number of benzene rings is 2. The van der Waals surface area contributed by atoms with Gasteiger partial charge in [-0.15, -0.1) is 0 Å². The monoisotopic (exact) mass is 529 g/mol. The number of carbonyl (C=O) groups is 1. The van der Waals surface area contributed by atoms with Crippen LogP contribution in [0.1, 0.15) is 22.6 Å². The maximum Gasteiger partial charge on any atom is 0.264 e. The summed E-state index contributed by atoms with van der Waals surface area (Å²) in [7, 11) is -4.00. The fraction of sp³-hybridized carbons (Fsp3) is 0.120. The van der Waals surface area contributed by atoms with Crippen molar-refractivity contribution in [1.82, 2.24) is 14.3 Å². The lowest BCUT2D eigenvalue weighted by atomic mass is 10.1. The Morgan fingerprint density at radius 2 is 1.86 bits per heavy atom. The van der Waals surface area contributed by atoms with Gasteiger partial charge in [-0.2, -0.15) is 0 Å². The van der Waals surface area contributed by atoms with Crippen molar-refractivity contribution in [2.45, 2.75) is 25.3 Å². The largest absolute Gasteiger partial charge is 0.464 e. The number of imidazole rings is 1. The van der Waals surface area contributed by atoms with Crippen LogP contribution in [0.2, 0.25) is 10.2 Å². The molecule has 0 aliphatic rings. The first-order chi connectivity index (χ1) is 16.6. The van der Waals surface area contributed by atoms with Gasteiger partial charge in [-0.25, -0.2) is 18.1 Å². The molecule has 180 valence electrons. The number of hydrogen-bond acceptors (Lipinski definition) is 5. The molecule has 0 spiro atoms. The predicted octanol–water partition coefficient (Wildman–Crippen LogP) is 5.63. The van der Waals surface area contributed by atoms with Gasteiger partial charge in [-0.1, -0.05) is 53.0 Å². The lowest BCUT2D eigenvalue weighted by Gasteiger charge is -2.11. The van der Waals surface area contributed by atoms with Crippen molar-refractivity contribution in [3.05, 3.63) is 99.8 Å². The molecule has 0 aliphatic heterocycles. The van der Waals surface area contributed by atoms with Crippen LogP contribution in [0.5, 0.6) is 0 Å². The van der Waals surface area contributed by atoms with E-state index in [-0.39, 0.29) is 10.0 Å². The fourth-order valence-corrected chi connectivity index (χ4v) is 4.92. The molecule has 1 N–H and O–H groups in total. The number of sulfonamides is 1. The Bertz CT molecular complexity index is 1510. The maximum atomic E-state index is 12.5. The Morgan fingerprint density at radius 1 is 1.11 bits per heavy atom. The Morgan fingerprint density at radius 3 is 2.51 bits per heavy atom. The highest BCUT2D eigenvalue weighted by Gasteiger charge is 2.17. The second-order valence-corrected chi connectivity index (χ2v) is 10.3. The van der Waals surface area contributed by atoms with E-state index in [2.05, 4.69) is 4.98 Å². The maximum absolute atomic E-state index is 12.5. The molecule has 0 radical (unpaired) electrons. The zero-order chi connectivity index (χ0) is 25.2. The molecule has 35 heavy (non-hydrogen) atoms. The average molecular weight is 530 g/mol. The number of aromatic nitrogens is 2. The number of rotatable bonds is 7. The van der Waals surface area contributed by atoms with Gasteiger partial charge in [0.15, 0.2) is 5.15 Å². The highest BCUT2D eigenvalue weighted by Crippen LogP contribution is 2.28. The number of nitrogens with zero attached hydrogens (tertiary/aromatic N) is 2. The van der Waals surface area contributed by atoms with Gasteiger partial charge in [-0.3, -0.25) is 4.79 Å². The molecular weight excluding hydrogens is 509 g/mol. The molecule has 0 bridgehead atoms. The second-order valence-electron chi connectivity index (χ2n) is 7.82. The zero-order valence-corrected chi connectivity index (χ0v) is 21.2. The van der Waals surface area contributed by atoms with E-state index in [1.54, 1.807) is 36.0 Å². The third kappa shape index (κ3) is 5.67. The number of furan rings is 1. The molecule has 7 nitrogen and oxygen atoms in total. The molecular formula is C25H21Cl2N3O4S. The first-order valence-electron chi connectivity index (χ1n) is 10.5. The second kappa shape index (κ2) is 10.1. The zero-order valence-electron chi connectivity index (χ0n) is 18.8. The van der Waals surface area contributed by atoms with Gasteiger partial charge in [0.1, 0.15) is 11.6 Å². The van der Waals surface area contributed by atoms with Crippen molar-refractivity contribution in [2.75, 3.05) is 0 Å². The molecule has 0 aliphatic carbocycles. The van der Waals surface area contributed by atoms with Crippen molar-refractivity contribution >= 4 is 45.2 Å². The number of carbonyl (C=O) groups excluding carboxylic acids is 1. The summed E-state index contributed by atoms with van der Waals surface area (Å²) in [4.78, 5) is 16.7. The Labute approximate surface area is 213 Å². The predicted molar refractivity (Wildman–Crippen MR) is 136 cm³/mol. The van der Waals surface area contributed by atoms with E-state index in [4.69, 9.17) is 27.6 Å². The van der Waals surface area contributed by atoms with Crippen LogP contribution in [0.15, 0.2) is 76.2 Å². The fourth-order valence-electron chi connectivity index (χ4n) is 3.44. The highest BCUT2D eigenvalue weighted by molar-refractivity contribution is 7.90. The summed E-state index contributed by atoms with van der Waals surface area (Å²) < 4.78 is 34.2. The SMILES string of the molecule is Cc1ccc(S(=O)(=O)NC(=O)/C=C/c2c(Cl)nc(C)n2Cc2ccc(-c3ccco3)cc2Cl)cc1. The molecule has 2 aromatic carbocycles. The van der Waals surface area contributed by atoms with E-state index in [1.165, 1.54) is 18.2 Å². The summed E-state index contributed by atoms with van der Waals surface area (Å²) in [5.74, 6) is 0.497. The Balaban J connectivity index is 1.54. The molecule has 0 saturated carbocycles. The summed E-state index contributed by atoms with van der Waals surface area (Å²) in [6, 6.07) is 15.4. The topological polar surface area (TPSA) is 94.2 Å². The van der Waals surface area contributed by atoms with Crippen LogP contribution in [0.4, 0.5) is 0 Å². The van der Waals surface area contributed by atoms with Gasteiger partial charge < -0.3 is 8.98 Å². The first kappa shape index (κ1) is 24.8. The van der Waals surface area contributed by atoms with E-state index in [9.17, 15) is 13.2 Å². The number of nitrogens with one attached hydrogen (secondary N) is 1. The number of halogens is 2. The Hall–Kier alpha value is -3.33. The van der Waals surface area contributed by atoms with Crippen molar-refractivity contribution in [1.29, 1.82) is 0 Å². The van der Waals surface area contributed by atoms with Crippen molar-refractivity contribution < 1.29 is 17.6 Å². The minimum absolute atomic E-state index is 0.00333. The molecule has 0 atom stereocenters. The number of amides is 1. The lowest BCUT2D eigenvalue weighted by molar-refractivity contribution is -0.114. The van der Waals surface area contributed by atoms with E-state index in [0.29, 0.717) is 28.8 Å². The van der Waals surface area contributed by atoms with E-state index in [0.717, 1.165) is 22.8 Å². The summed E-state index contributed by atoms with van der Waals surface area (Å²) >= 11 is 12.8. The number of aryl methyl sites for hydroxylation is 2. The summed E-state index contributed by atoms with van der Waals surface area (Å²) in [5, 5.41) is 0.705. The normalized spacial score (nSPS) is 11.8. The molecule has 4 rings (SSSR count). The molecule has 4 aromatic rings. The van der Waals surface area contributed by atoms with Crippen LogP contribution in [0.3, 0.4) is 0 Å². The van der Waals surface area contributed by atoms with Gasteiger partial charge in [0.25, 0.3) is 15.9 Å². The standard InChI is InChI=1S/C25H21Cl2N3O4S/c1-16-5-9-20(10-6-16)35(32,33)29-24(31)12-11-22-25(27)28-17(2)30(22)15-19-8-7-18(14-21(19)26)23-4-3-13-34-23/h3-14H,15H2,1-2H3,(H,29,31)/b12-11+. The third-order valence-corrected chi connectivity index (χ3v) is 7.29. The Kier molecular flexibility index (Phi) is 7.16. The van der Waals surface area contributed by atoms with Gasteiger partial charge in [0.05, 0.1) is 23.4 Å². The van der Waals surface area contributed by atoms with Gasteiger partial charge in [-0.05, 0) is 55.8 Å². The molecule has 2 aromatic heterocycles. The van der Waals surface area contributed by atoms with Crippen LogP contribution < -0.4 is 4.72 Å². The molecule has 0 fully saturated rings. The number of hydrogen-bond donors (Lipinski definition) is 1. The quantitative estimate of drug-likeness (QED) is 0.313. The molecule has 1 amide bonds. The average Bonchev–Trinajstić information content (AvgIpc) is 3.42. The van der Waals surface area contributed by atoms with Crippen LogP contribution >= 0.6 is 23.2 Å². The minimum atomic E-state index is -4.00. The highest BCUT2D eigenvalue weighted by atomic mass is 35.5. The van der Waals surface area contributed by atoms with Crippen LogP contribution in [-0.4, -0.2) is 23.9 Å². The molecule has 2 heterocycles. The molecule has 10 heteroatoms. The van der Waals surface area contributed by atoms with Crippen LogP contribution in [0, 0.1) is 13.8 Å².